The fraction of sp³-hybridized carbons (Fsp3) is 0.773. The Morgan fingerprint density at radius 3 is 2.55 bits per heavy atom. The van der Waals surface area contributed by atoms with E-state index in [1.807, 2.05) is 26.0 Å². The highest BCUT2D eigenvalue weighted by atomic mass is 16.3. The second-order valence-electron chi connectivity index (χ2n) is 8.45. The van der Waals surface area contributed by atoms with Crippen molar-refractivity contribution in [3.05, 3.63) is 12.2 Å². The van der Waals surface area contributed by atoms with Gasteiger partial charge in [-0.2, -0.15) is 0 Å². The van der Waals surface area contributed by atoms with Gasteiger partial charge in [-0.3, -0.25) is 14.4 Å². The normalized spacial score (nSPS) is 29.5. The van der Waals surface area contributed by atoms with Crippen molar-refractivity contribution < 1.29 is 19.5 Å². The summed E-state index contributed by atoms with van der Waals surface area (Å²) in [5, 5.41) is 14.8. The van der Waals surface area contributed by atoms with E-state index in [9.17, 15) is 14.4 Å². The number of hydrogen-bond donors (Lipinski definition) is 3. The third kappa shape index (κ3) is 5.18. The molecule has 6 atom stereocenters. The monoisotopic (exact) mass is 407 g/mol. The van der Waals surface area contributed by atoms with E-state index >= 15 is 0 Å². The van der Waals surface area contributed by atoms with Crippen LogP contribution < -0.4 is 10.6 Å². The van der Waals surface area contributed by atoms with Crippen molar-refractivity contribution in [1.82, 2.24) is 15.5 Å². The molecular formula is C22H37N3O4. The van der Waals surface area contributed by atoms with E-state index in [4.69, 9.17) is 5.11 Å². The molecule has 1 fully saturated rings. The molecule has 0 spiro atoms. The molecule has 0 aromatic rings. The number of allylic oxidation sites excluding steroid dienone is 1. The third-order valence-corrected chi connectivity index (χ3v) is 6.26. The third-order valence-electron chi connectivity index (χ3n) is 6.26. The van der Waals surface area contributed by atoms with Crippen LogP contribution in [0.5, 0.6) is 0 Å². The Balaban J connectivity index is 2.30. The Labute approximate surface area is 174 Å². The van der Waals surface area contributed by atoms with Gasteiger partial charge >= 0.3 is 0 Å². The molecule has 164 valence electrons. The summed E-state index contributed by atoms with van der Waals surface area (Å²) >= 11 is 0. The van der Waals surface area contributed by atoms with Gasteiger partial charge in [-0.1, -0.05) is 32.4 Å². The summed E-state index contributed by atoms with van der Waals surface area (Å²) in [5.74, 6) is -1.72. The minimum absolute atomic E-state index is 0.0409. The lowest BCUT2D eigenvalue weighted by Crippen LogP contribution is -2.49. The molecule has 2 aliphatic rings. The van der Waals surface area contributed by atoms with Gasteiger partial charge in [-0.15, -0.1) is 0 Å². The zero-order valence-corrected chi connectivity index (χ0v) is 18.2. The Hall–Kier alpha value is -1.89. The minimum atomic E-state index is -0.586. The van der Waals surface area contributed by atoms with Crippen molar-refractivity contribution in [2.24, 2.45) is 23.7 Å². The summed E-state index contributed by atoms with van der Waals surface area (Å²) in [4.78, 5) is 40.8. The van der Waals surface area contributed by atoms with Crippen LogP contribution in [0.15, 0.2) is 12.2 Å². The van der Waals surface area contributed by atoms with E-state index in [1.54, 1.807) is 11.9 Å². The fourth-order valence-electron chi connectivity index (χ4n) is 4.80. The van der Waals surface area contributed by atoms with Crippen molar-refractivity contribution >= 4 is 17.7 Å². The van der Waals surface area contributed by atoms with Crippen LogP contribution in [0.1, 0.15) is 52.9 Å². The molecule has 0 radical (unpaired) electrons. The van der Waals surface area contributed by atoms with Crippen molar-refractivity contribution in [3.8, 4) is 0 Å². The van der Waals surface area contributed by atoms with Crippen molar-refractivity contribution in [1.29, 1.82) is 0 Å². The lowest BCUT2D eigenvalue weighted by atomic mass is 9.70. The number of rotatable bonds is 10. The molecule has 0 bridgehead atoms. The lowest BCUT2D eigenvalue weighted by molar-refractivity contribution is -0.140. The first-order valence-electron chi connectivity index (χ1n) is 11.0. The van der Waals surface area contributed by atoms with Crippen LogP contribution in [-0.4, -0.2) is 60.0 Å². The summed E-state index contributed by atoms with van der Waals surface area (Å²) in [6, 6.07) is -0.545. The van der Waals surface area contributed by atoms with Crippen LogP contribution in [0.25, 0.3) is 0 Å². The molecule has 29 heavy (non-hydrogen) atoms. The van der Waals surface area contributed by atoms with Gasteiger partial charge in [0.2, 0.25) is 17.7 Å². The number of nitrogens with one attached hydrogen (secondary N) is 2. The van der Waals surface area contributed by atoms with Gasteiger partial charge in [-0.25, -0.2) is 0 Å². The van der Waals surface area contributed by atoms with Crippen LogP contribution in [0.3, 0.4) is 0 Å². The van der Waals surface area contributed by atoms with E-state index < -0.39 is 17.9 Å². The molecule has 7 nitrogen and oxygen atoms in total. The largest absolute Gasteiger partial charge is 0.396 e. The zero-order valence-electron chi connectivity index (χ0n) is 18.2. The summed E-state index contributed by atoms with van der Waals surface area (Å²) in [6.07, 6.45) is 7.99. The molecule has 3 N–H and O–H groups in total. The molecule has 0 aromatic heterocycles. The van der Waals surface area contributed by atoms with Crippen LogP contribution in [-0.2, 0) is 14.4 Å². The number of unbranched alkanes of at least 4 members (excludes halogenated alkanes) is 2. The average Bonchev–Trinajstić information content (AvgIpc) is 2.97. The van der Waals surface area contributed by atoms with Crippen molar-refractivity contribution in [2.45, 2.75) is 65.0 Å². The molecule has 1 saturated heterocycles. The number of hydrogen-bond acceptors (Lipinski definition) is 4. The molecule has 0 saturated carbocycles. The van der Waals surface area contributed by atoms with E-state index in [1.165, 1.54) is 0 Å². The molecule has 0 aromatic carbocycles. The van der Waals surface area contributed by atoms with E-state index in [0.29, 0.717) is 13.0 Å². The SMILES string of the molecule is CCCC(C)NC(=O)[C@@H]1[C@H]2C=C[C@@H](C)[C@@H](C(=O)NC)[C@@H]2C(=O)N1CCCCCO. The quantitative estimate of drug-likeness (QED) is 0.377. The maximum absolute atomic E-state index is 13.4. The second kappa shape index (κ2) is 10.8. The van der Waals surface area contributed by atoms with Gasteiger partial charge < -0.3 is 20.6 Å². The highest BCUT2D eigenvalue weighted by Crippen LogP contribution is 2.44. The number of nitrogens with zero attached hydrogens (tertiary/aromatic N) is 1. The minimum Gasteiger partial charge on any atom is -0.396 e. The van der Waals surface area contributed by atoms with Gasteiger partial charge in [0, 0.05) is 32.2 Å². The average molecular weight is 408 g/mol. The summed E-state index contributed by atoms with van der Waals surface area (Å²) < 4.78 is 0. The molecule has 1 unspecified atom stereocenters. The number of amides is 3. The molecule has 7 heteroatoms. The van der Waals surface area contributed by atoms with Crippen LogP contribution in [0.2, 0.25) is 0 Å². The first-order chi connectivity index (χ1) is 13.9. The van der Waals surface area contributed by atoms with E-state index in [0.717, 1.165) is 25.7 Å². The lowest BCUT2D eigenvalue weighted by Gasteiger charge is -2.32. The van der Waals surface area contributed by atoms with Gasteiger partial charge in [0.25, 0.3) is 0 Å². The summed E-state index contributed by atoms with van der Waals surface area (Å²) in [7, 11) is 1.59. The maximum Gasteiger partial charge on any atom is 0.243 e. The fourth-order valence-corrected chi connectivity index (χ4v) is 4.80. The van der Waals surface area contributed by atoms with Crippen LogP contribution >= 0.6 is 0 Å². The van der Waals surface area contributed by atoms with Crippen molar-refractivity contribution in [3.63, 3.8) is 0 Å². The molecular weight excluding hydrogens is 370 g/mol. The summed E-state index contributed by atoms with van der Waals surface area (Å²) in [6.45, 7) is 6.59. The summed E-state index contributed by atoms with van der Waals surface area (Å²) in [5.41, 5.74) is 0. The molecule has 2 rings (SSSR count). The maximum atomic E-state index is 13.4. The number of carbonyl (C=O) groups excluding carboxylic acids is 3. The highest BCUT2D eigenvalue weighted by molar-refractivity contribution is 5.96. The van der Waals surface area contributed by atoms with Gasteiger partial charge in [0.15, 0.2) is 0 Å². The standard InChI is InChI=1S/C22H37N3O4/c1-5-9-15(3)24-21(28)19-16-11-10-14(2)17(20(27)23-4)18(16)22(29)25(19)12-7-6-8-13-26/h10-11,14-19,26H,5-9,12-13H2,1-4H3,(H,23,27)(H,24,28)/t14-,15?,16+,17-,18-,19+/m1/s1. The van der Waals surface area contributed by atoms with E-state index in [-0.39, 0.29) is 42.2 Å². The Bertz CT molecular complexity index is 621. The Morgan fingerprint density at radius 2 is 1.93 bits per heavy atom. The molecule has 1 heterocycles. The number of fused-ring (bicyclic) bond motifs is 1. The molecule has 1 aliphatic carbocycles. The van der Waals surface area contributed by atoms with Gasteiger partial charge in [0.05, 0.1) is 11.8 Å². The smallest absolute Gasteiger partial charge is 0.243 e. The zero-order chi connectivity index (χ0) is 21.6. The topological polar surface area (TPSA) is 98.7 Å². The highest BCUT2D eigenvalue weighted by Gasteiger charge is 2.56. The number of likely N-dealkylation sites (tertiary alicyclic amines) is 1. The number of aliphatic hydroxyl groups excluding tert-OH is 1. The Kier molecular flexibility index (Phi) is 8.68. The first-order valence-corrected chi connectivity index (χ1v) is 11.0. The van der Waals surface area contributed by atoms with Gasteiger partial charge in [0.1, 0.15) is 6.04 Å². The number of aliphatic hydroxyl groups is 1. The van der Waals surface area contributed by atoms with Crippen LogP contribution in [0.4, 0.5) is 0 Å². The second-order valence-corrected chi connectivity index (χ2v) is 8.45. The molecule has 3 amide bonds. The first kappa shape index (κ1) is 23.4. The predicted molar refractivity (Wildman–Crippen MR) is 112 cm³/mol. The Morgan fingerprint density at radius 1 is 1.21 bits per heavy atom. The van der Waals surface area contributed by atoms with Crippen molar-refractivity contribution in [2.75, 3.05) is 20.2 Å². The van der Waals surface area contributed by atoms with Crippen LogP contribution in [0, 0.1) is 23.7 Å². The van der Waals surface area contributed by atoms with E-state index in [2.05, 4.69) is 17.6 Å². The molecule has 1 aliphatic heterocycles. The predicted octanol–water partition coefficient (Wildman–Crippen LogP) is 1.47. The number of carbonyl (C=O) groups is 3. The van der Waals surface area contributed by atoms with Gasteiger partial charge in [-0.05, 0) is 38.5 Å².